The highest BCUT2D eigenvalue weighted by atomic mass is 15.1. The first kappa shape index (κ1) is 8.32. The molecule has 0 aromatic carbocycles. The molecule has 1 aromatic rings. The Hall–Kier alpha value is -1.78. The lowest BCUT2D eigenvalue weighted by molar-refractivity contribution is 1.17. The average molecular weight is 165 g/mol. The summed E-state index contributed by atoms with van der Waals surface area (Å²) in [5.74, 6) is 1.05. The number of nitrogens with zero attached hydrogens (tertiary/aromatic N) is 2. The summed E-state index contributed by atoms with van der Waals surface area (Å²) >= 11 is 0. The van der Waals surface area contributed by atoms with Gasteiger partial charge in [0, 0.05) is 7.05 Å². The quantitative estimate of drug-likeness (QED) is 0.613. The standard InChI is InChI=1S/C7H11N5/c1-3-10-5-6(8)11-4-12-7(5)9-2/h3-4,10H,1H2,2H3,(H3,8,9,11,12). The van der Waals surface area contributed by atoms with Gasteiger partial charge in [0.25, 0.3) is 0 Å². The molecule has 0 amide bonds. The molecule has 1 rings (SSSR count). The number of rotatable bonds is 3. The second-order valence-electron chi connectivity index (χ2n) is 2.08. The van der Waals surface area contributed by atoms with Gasteiger partial charge in [0.15, 0.2) is 11.6 Å². The topological polar surface area (TPSA) is 75.9 Å². The number of nitrogens with one attached hydrogen (secondary N) is 2. The van der Waals surface area contributed by atoms with Gasteiger partial charge in [-0.15, -0.1) is 0 Å². The second kappa shape index (κ2) is 3.56. The number of hydrogen-bond acceptors (Lipinski definition) is 5. The Kier molecular flexibility index (Phi) is 2.47. The van der Waals surface area contributed by atoms with Crippen LogP contribution in [0.4, 0.5) is 17.3 Å². The molecule has 0 fully saturated rings. The molecule has 0 radical (unpaired) electrons. The van der Waals surface area contributed by atoms with E-state index in [1.165, 1.54) is 12.5 Å². The van der Waals surface area contributed by atoms with E-state index in [2.05, 4.69) is 27.2 Å². The lowest BCUT2D eigenvalue weighted by atomic mass is 10.4. The molecule has 0 atom stereocenters. The Labute approximate surface area is 70.7 Å². The highest BCUT2D eigenvalue weighted by Crippen LogP contribution is 2.22. The van der Waals surface area contributed by atoms with Crippen LogP contribution < -0.4 is 16.4 Å². The molecule has 1 heterocycles. The van der Waals surface area contributed by atoms with E-state index in [9.17, 15) is 0 Å². The third kappa shape index (κ3) is 1.45. The molecule has 1 aromatic heterocycles. The minimum Gasteiger partial charge on any atom is -0.382 e. The fraction of sp³-hybridized carbons (Fsp3) is 0.143. The molecule has 0 aliphatic carbocycles. The van der Waals surface area contributed by atoms with E-state index in [0.717, 1.165) is 0 Å². The van der Waals surface area contributed by atoms with Crippen molar-refractivity contribution in [2.45, 2.75) is 0 Å². The Bertz CT molecular complexity index is 283. The summed E-state index contributed by atoms with van der Waals surface area (Å²) in [4.78, 5) is 7.79. The van der Waals surface area contributed by atoms with Gasteiger partial charge >= 0.3 is 0 Å². The van der Waals surface area contributed by atoms with Crippen molar-refractivity contribution in [1.82, 2.24) is 9.97 Å². The van der Waals surface area contributed by atoms with Crippen molar-refractivity contribution in [3.05, 3.63) is 19.1 Å². The molecule has 12 heavy (non-hydrogen) atoms. The van der Waals surface area contributed by atoms with Crippen molar-refractivity contribution in [2.24, 2.45) is 0 Å². The SMILES string of the molecule is C=CNc1c(N)ncnc1NC. The summed E-state index contributed by atoms with van der Waals surface area (Å²) in [6, 6.07) is 0. The lowest BCUT2D eigenvalue weighted by Gasteiger charge is -2.08. The number of hydrogen-bond donors (Lipinski definition) is 3. The molecule has 5 heteroatoms. The van der Waals surface area contributed by atoms with Crippen molar-refractivity contribution < 1.29 is 0 Å². The molecule has 0 saturated heterocycles. The molecule has 0 unspecified atom stereocenters. The van der Waals surface area contributed by atoms with Crippen LogP contribution in [0.5, 0.6) is 0 Å². The van der Waals surface area contributed by atoms with Crippen LogP contribution in [0, 0.1) is 0 Å². The molecule has 0 aliphatic heterocycles. The van der Waals surface area contributed by atoms with E-state index in [0.29, 0.717) is 17.3 Å². The van der Waals surface area contributed by atoms with Gasteiger partial charge in [0.2, 0.25) is 0 Å². The van der Waals surface area contributed by atoms with Crippen molar-refractivity contribution >= 4 is 17.3 Å². The van der Waals surface area contributed by atoms with Crippen molar-refractivity contribution in [3.63, 3.8) is 0 Å². The zero-order valence-electron chi connectivity index (χ0n) is 6.83. The average Bonchev–Trinajstić information content (AvgIpc) is 2.09. The fourth-order valence-electron chi connectivity index (χ4n) is 0.833. The van der Waals surface area contributed by atoms with Gasteiger partial charge in [-0.1, -0.05) is 6.58 Å². The highest BCUT2D eigenvalue weighted by molar-refractivity contribution is 5.75. The molecule has 5 nitrogen and oxygen atoms in total. The third-order valence-corrected chi connectivity index (χ3v) is 1.36. The van der Waals surface area contributed by atoms with E-state index in [4.69, 9.17) is 5.73 Å². The molecular formula is C7H11N5. The third-order valence-electron chi connectivity index (χ3n) is 1.36. The van der Waals surface area contributed by atoms with E-state index in [1.54, 1.807) is 7.05 Å². The van der Waals surface area contributed by atoms with Crippen LogP contribution in [0.3, 0.4) is 0 Å². The lowest BCUT2D eigenvalue weighted by Crippen LogP contribution is -2.04. The smallest absolute Gasteiger partial charge is 0.155 e. The first-order chi connectivity index (χ1) is 5.79. The van der Waals surface area contributed by atoms with Crippen LogP contribution in [0.2, 0.25) is 0 Å². The molecule has 0 saturated carbocycles. The van der Waals surface area contributed by atoms with Gasteiger partial charge in [-0.2, -0.15) is 0 Å². The van der Waals surface area contributed by atoms with Gasteiger partial charge in [-0.3, -0.25) is 0 Å². The van der Waals surface area contributed by atoms with Gasteiger partial charge in [0.05, 0.1) is 0 Å². The van der Waals surface area contributed by atoms with E-state index < -0.39 is 0 Å². The maximum absolute atomic E-state index is 5.58. The summed E-state index contributed by atoms with van der Waals surface area (Å²) < 4.78 is 0. The molecule has 0 aliphatic rings. The van der Waals surface area contributed by atoms with Crippen LogP contribution in [-0.4, -0.2) is 17.0 Å². The zero-order valence-corrected chi connectivity index (χ0v) is 6.83. The molecule has 4 N–H and O–H groups in total. The summed E-state index contributed by atoms with van der Waals surface area (Å²) in [5, 5.41) is 5.73. The number of aromatic nitrogens is 2. The molecular weight excluding hydrogens is 154 g/mol. The highest BCUT2D eigenvalue weighted by Gasteiger charge is 2.04. The Morgan fingerprint density at radius 1 is 1.58 bits per heavy atom. The maximum atomic E-state index is 5.58. The van der Waals surface area contributed by atoms with Crippen molar-refractivity contribution in [1.29, 1.82) is 0 Å². The maximum Gasteiger partial charge on any atom is 0.155 e. The summed E-state index contributed by atoms with van der Waals surface area (Å²) in [6.07, 6.45) is 2.92. The largest absolute Gasteiger partial charge is 0.382 e. The van der Waals surface area contributed by atoms with Crippen LogP contribution in [-0.2, 0) is 0 Å². The zero-order chi connectivity index (χ0) is 8.97. The van der Waals surface area contributed by atoms with Gasteiger partial charge in [-0.05, 0) is 6.20 Å². The summed E-state index contributed by atoms with van der Waals surface area (Å²) in [7, 11) is 1.76. The first-order valence-corrected chi connectivity index (χ1v) is 3.45. The van der Waals surface area contributed by atoms with Crippen LogP contribution in [0.25, 0.3) is 0 Å². The van der Waals surface area contributed by atoms with E-state index >= 15 is 0 Å². The number of nitrogen functional groups attached to an aromatic ring is 1. The number of anilines is 3. The van der Waals surface area contributed by atoms with Gasteiger partial charge in [-0.25, -0.2) is 9.97 Å². The van der Waals surface area contributed by atoms with Crippen LogP contribution >= 0.6 is 0 Å². The Morgan fingerprint density at radius 2 is 2.33 bits per heavy atom. The minimum atomic E-state index is 0.397. The Balaban J connectivity index is 3.10. The Morgan fingerprint density at radius 3 is 2.92 bits per heavy atom. The van der Waals surface area contributed by atoms with Crippen molar-refractivity contribution in [2.75, 3.05) is 23.4 Å². The second-order valence-corrected chi connectivity index (χ2v) is 2.08. The minimum absolute atomic E-state index is 0.397. The van der Waals surface area contributed by atoms with Gasteiger partial charge in [0.1, 0.15) is 12.0 Å². The van der Waals surface area contributed by atoms with E-state index in [1.807, 2.05) is 0 Å². The first-order valence-electron chi connectivity index (χ1n) is 3.45. The molecule has 0 bridgehead atoms. The molecule has 0 spiro atoms. The van der Waals surface area contributed by atoms with Crippen molar-refractivity contribution in [3.8, 4) is 0 Å². The molecule has 64 valence electrons. The normalized spacial score (nSPS) is 9.08. The van der Waals surface area contributed by atoms with E-state index in [-0.39, 0.29) is 0 Å². The number of nitrogens with two attached hydrogens (primary N) is 1. The summed E-state index contributed by atoms with van der Waals surface area (Å²) in [6.45, 7) is 3.52. The van der Waals surface area contributed by atoms with Crippen LogP contribution in [0.15, 0.2) is 19.1 Å². The predicted molar refractivity (Wildman–Crippen MR) is 49.8 cm³/mol. The fourth-order valence-corrected chi connectivity index (χ4v) is 0.833. The predicted octanol–water partition coefficient (Wildman–Crippen LogP) is 0.656. The monoisotopic (exact) mass is 165 g/mol. The summed E-state index contributed by atoms with van der Waals surface area (Å²) in [5.41, 5.74) is 6.23. The van der Waals surface area contributed by atoms with Crippen LogP contribution in [0.1, 0.15) is 0 Å². The van der Waals surface area contributed by atoms with Gasteiger partial charge < -0.3 is 16.4 Å².